The van der Waals surface area contributed by atoms with Crippen molar-refractivity contribution >= 4 is 17.7 Å². The van der Waals surface area contributed by atoms with Gasteiger partial charge in [-0.25, -0.2) is 0 Å². The third-order valence-corrected chi connectivity index (χ3v) is 3.98. The number of aliphatic hydroxyl groups is 2. The van der Waals surface area contributed by atoms with E-state index in [0.29, 0.717) is 0 Å². The number of nitrogens with zero attached hydrogens (tertiary/aromatic N) is 1. The van der Waals surface area contributed by atoms with Crippen molar-refractivity contribution in [1.82, 2.24) is 10.2 Å². The molecular weight excluding hydrogens is 340 g/mol. The normalized spacial score (nSPS) is 25.1. The van der Waals surface area contributed by atoms with Gasteiger partial charge in [-0.2, -0.15) is 0 Å². The largest absolute Gasteiger partial charge is 0.385 e. The quantitative estimate of drug-likeness (QED) is 0.571. The summed E-state index contributed by atoms with van der Waals surface area (Å²) in [6, 6.07) is -1.07. The summed E-state index contributed by atoms with van der Waals surface area (Å²) in [5.41, 5.74) is 0.404. The van der Waals surface area contributed by atoms with E-state index in [1.165, 1.54) is 20.8 Å². The molecule has 1 heterocycles. The molecule has 8 nitrogen and oxygen atoms in total. The number of rotatable bonds is 6. The Labute approximate surface area is 152 Å². The SMILES string of the molecule is C=C(C)C(=O)NCC1(O)OCCC(N(C(=O)C(=C)C)C(=O)C(=C)C)C1O. The molecule has 0 spiro atoms. The molecule has 1 rings (SSSR count). The lowest BCUT2D eigenvalue weighted by Crippen LogP contribution is -2.65. The number of imide groups is 1. The van der Waals surface area contributed by atoms with E-state index >= 15 is 0 Å². The number of carbonyl (C=O) groups excluding carboxylic acids is 3. The average molecular weight is 366 g/mol. The fourth-order valence-electron chi connectivity index (χ4n) is 2.49. The summed E-state index contributed by atoms with van der Waals surface area (Å²) in [5.74, 6) is -4.06. The number of ether oxygens (including phenoxy) is 1. The second-order valence-corrected chi connectivity index (χ2v) is 6.50. The minimum atomic E-state index is -2.17. The van der Waals surface area contributed by atoms with E-state index in [9.17, 15) is 24.6 Å². The first-order valence-corrected chi connectivity index (χ1v) is 8.09. The topological polar surface area (TPSA) is 116 Å². The van der Waals surface area contributed by atoms with Crippen LogP contribution < -0.4 is 5.32 Å². The number of amides is 3. The lowest BCUT2D eigenvalue weighted by atomic mass is 9.93. The Bertz CT molecular complexity index is 630. The molecule has 1 fully saturated rings. The molecule has 0 aromatic rings. The van der Waals surface area contributed by atoms with Crippen molar-refractivity contribution in [3.05, 3.63) is 36.5 Å². The van der Waals surface area contributed by atoms with Gasteiger partial charge in [-0.15, -0.1) is 0 Å². The van der Waals surface area contributed by atoms with Gasteiger partial charge in [0.05, 0.1) is 19.2 Å². The van der Waals surface area contributed by atoms with Gasteiger partial charge in [0.15, 0.2) is 0 Å². The van der Waals surface area contributed by atoms with Gasteiger partial charge in [-0.05, 0) is 27.2 Å². The molecule has 3 unspecified atom stereocenters. The first-order valence-electron chi connectivity index (χ1n) is 8.09. The van der Waals surface area contributed by atoms with Gasteiger partial charge in [-0.1, -0.05) is 19.7 Å². The smallest absolute Gasteiger partial charge is 0.256 e. The maximum absolute atomic E-state index is 12.4. The van der Waals surface area contributed by atoms with Gasteiger partial charge in [0.25, 0.3) is 11.8 Å². The highest BCUT2D eigenvalue weighted by Gasteiger charge is 2.49. The van der Waals surface area contributed by atoms with Crippen LogP contribution in [-0.4, -0.2) is 63.9 Å². The van der Waals surface area contributed by atoms with E-state index in [1.807, 2.05) is 0 Å². The number of hydrogen-bond donors (Lipinski definition) is 3. The predicted molar refractivity (Wildman–Crippen MR) is 94.6 cm³/mol. The first kappa shape index (κ1) is 21.8. The predicted octanol–water partition coefficient (Wildman–Crippen LogP) is 0.0245. The Balaban J connectivity index is 3.12. The monoisotopic (exact) mass is 366 g/mol. The van der Waals surface area contributed by atoms with Crippen molar-refractivity contribution in [2.75, 3.05) is 13.2 Å². The van der Waals surface area contributed by atoms with E-state index in [4.69, 9.17) is 4.74 Å². The van der Waals surface area contributed by atoms with Gasteiger partial charge in [0.2, 0.25) is 11.7 Å². The molecule has 0 aliphatic carbocycles. The van der Waals surface area contributed by atoms with Crippen molar-refractivity contribution < 1.29 is 29.3 Å². The third-order valence-electron chi connectivity index (χ3n) is 3.98. The van der Waals surface area contributed by atoms with Gasteiger partial charge in [-0.3, -0.25) is 19.3 Å². The summed E-state index contributed by atoms with van der Waals surface area (Å²) in [5, 5.41) is 23.6. The Hall–Kier alpha value is -2.29. The molecule has 26 heavy (non-hydrogen) atoms. The Morgan fingerprint density at radius 3 is 2.04 bits per heavy atom. The van der Waals surface area contributed by atoms with Crippen LogP contribution in [0.25, 0.3) is 0 Å². The molecule has 1 aliphatic rings. The number of hydrogen-bond acceptors (Lipinski definition) is 6. The standard InChI is InChI=1S/C18H26N2O6/c1-10(2)15(22)19-9-18(25)14(21)13(7-8-26-18)20(16(23)11(3)4)17(24)12(5)6/h13-14,21,25H,1,3,5,7-9H2,2,4,6H3,(H,19,22). The zero-order valence-corrected chi connectivity index (χ0v) is 15.4. The van der Waals surface area contributed by atoms with Gasteiger partial charge < -0.3 is 20.3 Å². The molecule has 0 aromatic carbocycles. The molecule has 3 atom stereocenters. The van der Waals surface area contributed by atoms with Crippen molar-refractivity contribution in [3.8, 4) is 0 Å². The minimum Gasteiger partial charge on any atom is -0.385 e. The Kier molecular flexibility index (Phi) is 7.02. The highest BCUT2D eigenvalue weighted by molar-refractivity contribution is 6.09. The van der Waals surface area contributed by atoms with Crippen LogP contribution in [0.15, 0.2) is 36.5 Å². The molecule has 0 bridgehead atoms. The van der Waals surface area contributed by atoms with E-state index < -0.39 is 42.2 Å². The fraction of sp³-hybridized carbons (Fsp3) is 0.500. The lowest BCUT2D eigenvalue weighted by molar-refractivity contribution is -0.285. The van der Waals surface area contributed by atoms with Gasteiger partial charge in [0, 0.05) is 16.7 Å². The number of carbonyl (C=O) groups is 3. The highest BCUT2D eigenvalue weighted by Crippen LogP contribution is 2.28. The second-order valence-electron chi connectivity index (χ2n) is 6.50. The van der Waals surface area contributed by atoms with E-state index in [1.54, 1.807) is 0 Å². The average Bonchev–Trinajstić information content (AvgIpc) is 2.56. The molecule has 144 valence electrons. The van der Waals surface area contributed by atoms with Crippen molar-refractivity contribution in [1.29, 1.82) is 0 Å². The van der Waals surface area contributed by atoms with E-state index in [-0.39, 0.29) is 29.7 Å². The highest BCUT2D eigenvalue weighted by atomic mass is 16.6. The molecular formula is C18H26N2O6. The van der Waals surface area contributed by atoms with E-state index in [2.05, 4.69) is 25.1 Å². The molecule has 3 amide bonds. The van der Waals surface area contributed by atoms with Crippen molar-refractivity contribution in [2.24, 2.45) is 0 Å². The van der Waals surface area contributed by atoms with Crippen LogP contribution in [0.3, 0.4) is 0 Å². The summed E-state index contributed by atoms with van der Waals surface area (Å²) in [4.78, 5) is 37.4. The number of nitrogens with one attached hydrogen (secondary N) is 1. The first-order chi connectivity index (χ1) is 11.9. The lowest BCUT2D eigenvalue weighted by Gasteiger charge is -2.44. The van der Waals surface area contributed by atoms with Crippen LogP contribution >= 0.6 is 0 Å². The Morgan fingerprint density at radius 2 is 1.62 bits per heavy atom. The summed E-state index contributed by atoms with van der Waals surface area (Å²) in [6.45, 7) is 14.4. The zero-order valence-electron chi connectivity index (χ0n) is 15.4. The number of aliphatic hydroxyl groups excluding tert-OH is 1. The van der Waals surface area contributed by atoms with Crippen LogP contribution in [0.5, 0.6) is 0 Å². The zero-order chi connectivity index (χ0) is 20.2. The molecule has 0 aromatic heterocycles. The summed E-state index contributed by atoms with van der Waals surface area (Å²) in [6.07, 6.45) is -1.54. The van der Waals surface area contributed by atoms with E-state index in [0.717, 1.165) is 4.90 Å². The van der Waals surface area contributed by atoms with Crippen LogP contribution in [0.4, 0.5) is 0 Å². The molecule has 0 saturated carbocycles. The second kappa shape index (κ2) is 8.39. The Morgan fingerprint density at radius 1 is 1.12 bits per heavy atom. The summed E-state index contributed by atoms with van der Waals surface area (Å²) < 4.78 is 5.24. The summed E-state index contributed by atoms with van der Waals surface area (Å²) in [7, 11) is 0. The molecule has 1 aliphatic heterocycles. The fourth-order valence-corrected chi connectivity index (χ4v) is 2.49. The molecule has 1 saturated heterocycles. The summed E-state index contributed by atoms with van der Waals surface area (Å²) >= 11 is 0. The molecule has 8 heteroatoms. The minimum absolute atomic E-state index is 0.0371. The van der Waals surface area contributed by atoms with Crippen molar-refractivity contribution in [3.63, 3.8) is 0 Å². The maximum atomic E-state index is 12.4. The van der Waals surface area contributed by atoms with Crippen LogP contribution in [-0.2, 0) is 19.1 Å². The molecule has 3 N–H and O–H groups in total. The molecule has 0 radical (unpaired) electrons. The van der Waals surface area contributed by atoms with Crippen molar-refractivity contribution in [2.45, 2.75) is 45.1 Å². The van der Waals surface area contributed by atoms with Crippen LogP contribution in [0, 0.1) is 0 Å². The van der Waals surface area contributed by atoms with Crippen LogP contribution in [0.1, 0.15) is 27.2 Å². The third kappa shape index (κ3) is 4.66. The van der Waals surface area contributed by atoms with Crippen LogP contribution in [0.2, 0.25) is 0 Å². The maximum Gasteiger partial charge on any atom is 0.256 e. The van der Waals surface area contributed by atoms with Gasteiger partial charge in [0.1, 0.15) is 6.10 Å². The van der Waals surface area contributed by atoms with Gasteiger partial charge >= 0.3 is 0 Å².